The second kappa shape index (κ2) is 4.78. The first-order valence-corrected chi connectivity index (χ1v) is 5.09. The molecule has 0 atom stereocenters. The molecule has 1 aromatic heterocycles. The molecule has 0 spiro atoms. The average Bonchev–Trinajstić information content (AvgIpc) is 2.15. The van der Waals surface area contributed by atoms with Gasteiger partial charge in [0.2, 0.25) is 0 Å². The Morgan fingerprint density at radius 1 is 1.38 bits per heavy atom. The van der Waals surface area contributed by atoms with Crippen LogP contribution in [-0.2, 0) is 12.7 Å². The Morgan fingerprint density at radius 3 is 2.31 bits per heavy atom. The van der Waals surface area contributed by atoms with Gasteiger partial charge in [0.05, 0.1) is 0 Å². The van der Waals surface area contributed by atoms with E-state index in [1.165, 1.54) is 22.6 Å². The van der Waals surface area contributed by atoms with Gasteiger partial charge in [0.15, 0.2) is 0 Å². The highest BCUT2D eigenvalue weighted by Gasteiger charge is 2.36. The van der Waals surface area contributed by atoms with E-state index < -0.39 is 36.0 Å². The normalized spacial score (nSPS) is 12.2. The van der Waals surface area contributed by atoms with Crippen LogP contribution in [-0.4, -0.2) is 4.98 Å². The number of halogens is 6. The second-order valence-electron chi connectivity index (χ2n) is 2.86. The van der Waals surface area contributed by atoms with Crippen LogP contribution in [0, 0.1) is 3.57 Å². The monoisotopic (exact) mass is 352 g/mol. The molecule has 1 heterocycles. The number of alkyl halides is 5. The number of pyridine rings is 1. The lowest BCUT2D eigenvalue weighted by molar-refractivity contribution is -0.141. The number of nitrogens with zero attached hydrogens (tertiary/aromatic N) is 1. The summed E-state index contributed by atoms with van der Waals surface area (Å²) < 4.78 is 61.9. The predicted molar refractivity (Wildman–Crippen MR) is 54.8 cm³/mol. The predicted octanol–water partition coefficient (Wildman–Crippen LogP) is 3.10. The molecule has 90 valence electrons. The molecule has 0 aliphatic heterocycles. The molecule has 0 amide bonds. The van der Waals surface area contributed by atoms with Crippen LogP contribution in [0.3, 0.4) is 0 Å². The third-order valence-corrected chi connectivity index (χ3v) is 3.12. The van der Waals surface area contributed by atoms with Crippen molar-refractivity contribution < 1.29 is 22.0 Å². The molecule has 0 saturated carbocycles. The number of nitrogens with two attached hydrogens (primary N) is 1. The zero-order valence-electron chi connectivity index (χ0n) is 7.65. The second-order valence-corrected chi connectivity index (χ2v) is 3.94. The van der Waals surface area contributed by atoms with Crippen molar-refractivity contribution in [3.63, 3.8) is 0 Å². The summed E-state index contributed by atoms with van der Waals surface area (Å²) in [4.78, 5) is 3.01. The van der Waals surface area contributed by atoms with Gasteiger partial charge in [-0.15, -0.1) is 0 Å². The summed E-state index contributed by atoms with van der Waals surface area (Å²) in [7, 11) is 0. The van der Waals surface area contributed by atoms with Crippen LogP contribution < -0.4 is 5.73 Å². The zero-order valence-corrected chi connectivity index (χ0v) is 9.81. The molecule has 0 aliphatic carbocycles. The Morgan fingerprint density at radius 2 is 1.94 bits per heavy atom. The number of hydrogen-bond acceptors (Lipinski definition) is 2. The zero-order chi connectivity index (χ0) is 12.5. The Kier molecular flexibility index (Phi) is 4.05. The summed E-state index contributed by atoms with van der Waals surface area (Å²) in [6.45, 7) is -0.485. The molecule has 0 fully saturated rings. The lowest BCUT2D eigenvalue weighted by Crippen LogP contribution is -2.17. The molecule has 2 N–H and O–H groups in total. The van der Waals surface area contributed by atoms with Gasteiger partial charge < -0.3 is 5.73 Å². The van der Waals surface area contributed by atoms with Gasteiger partial charge in [0, 0.05) is 27.4 Å². The highest BCUT2D eigenvalue weighted by Crippen LogP contribution is 2.35. The molecule has 8 heteroatoms. The largest absolute Gasteiger partial charge is 0.433 e. The van der Waals surface area contributed by atoms with Crippen molar-refractivity contribution in [2.24, 2.45) is 5.73 Å². The number of aromatic nitrogens is 1. The Bertz CT molecular complexity index is 391. The Balaban J connectivity index is 3.41. The summed E-state index contributed by atoms with van der Waals surface area (Å²) in [5.74, 6) is 0. The van der Waals surface area contributed by atoms with Crippen molar-refractivity contribution in [2.45, 2.75) is 19.1 Å². The molecule has 0 bridgehead atoms. The third kappa shape index (κ3) is 2.59. The van der Waals surface area contributed by atoms with Crippen LogP contribution in [0.15, 0.2) is 6.20 Å². The summed E-state index contributed by atoms with van der Waals surface area (Å²) >= 11 is 1.42. The first kappa shape index (κ1) is 13.6. The molecule has 2 nitrogen and oxygen atoms in total. The SMILES string of the molecule is NCc1c(C(F)(F)F)ncc(C(F)F)c1I. The molecule has 0 unspecified atom stereocenters. The van der Waals surface area contributed by atoms with E-state index in [4.69, 9.17) is 5.73 Å². The summed E-state index contributed by atoms with van der Waals surface area (Å²) in [6, 6.07) is 0. The quantitative estimate of drug-likeness (QED) is 0.656. The summed E-state index contributed by atoms with van der Waals surface area (Å²) in [5.41, 5.74) is 2.99. The molecule has 0 aliphatic rings. The fraction of sp³-hybridized carbons (Fsp3) is 0.375. The van der Waals surface area contributed by atoms with Gasteiger partial charge in [-0.1, -0.05) is 0 Å². The highest BCUT2D eigenvalue weighted by atomic mass is 127. The topological polar surface area (TPSA) is 38.9 Å². The van der Waals surface area contributed by atoms with Gasteiger partial charge in [-0.25, -0.2) is 8.78 Å². The van der Waals surface area contributed by atoms with Crippen molar-refractivity contribution in [3.05, 3.63) is 26.6 Å². The van der Waals surface area contributed by atoms with Crippen molar-refractivity contribution >= 4 is 22.6 Å². The van der Waals surface area contributed by atoms with Crippen LogP contribution in [0.25, 0.3) is 0 Å². The minimum absolute atomic E-state index is 0.183. The van der Waals surface area contributed by atoms with Gasteiger partial charge in [-0.2, -0.15) is 13.2 Å². The van der Waals surface area contributed by atoms with E-state index >= 15 is 0 Å². The van der Waals surface area contributed by atoms with E-state index in [0.717, 1.165) is 0 Å². The van der Waals surface area contributed by atoms with Crippen LogP contribution >= 0.6 is 22.6 Å². The fourth-order valence-electron chi connectivity index (χ4n) is 1.13. The molecule has 1 rings (SSSR count). The van der Waals surface area contributed by atoms with Crippen LogP contribution in [0.2, 0.25) is 0 Å². The van der Waals surface area contributed by atoms with E-state index in [0.29, 0.717) is 6.20 Å². The van der Waals surface area contributed by atoms with Crippen molar-refractivity contribution in [1.29, 1.82) is 0 Å². The summed E-state index contributed by atoms with van der Waals surface area (Å²) in [6.07, 6.45) is -7.02. The van der Waals surface area contributed by atoms with E-state index in [1.807, 2.05) is 0 Å². The van der Waals surface area contributed by atoms with Crippen LogP contribution in [0.1, 0.15) is 23.2 Å². The van der Waals surface area contributed by atoms with Crippen LogP contribution in [0.4, 0.5) is 22.0 Å². The average molecular weight is 352 g/mol. The van der Waals surface area contributed by atoms with Gasteiger partial charge in [0.25, 0.3) is 6.43 Å². The summed E-state index contributed by atoms with van der Waals surface area (Å²) in [5, 5.41) is 0. The molecular weight excluding hydrogens is 346 g/mol. The number of rotatable bonds is 2. The maximum atomic E-state index is 12.4. The minimum atomic E-state index is -4.69. The third-order valence-electron chi connectivity index (χ3n) is 1.84. The minimum Gasteiger partial charge on any atom is -0.326 e. The Hall–Kier alpha value is -0.510. The maximum Gasteiger partial charge on any atom is 0.433 e. The van der Waals surface area contributed by atoms with Crippen LogP contribution in [0.5, 0.6) is 0 Å². The van der Waals surface area contributed by atoms with Gasteiger partial charge in [-0.05, 0) is 22.6 Å². The maximum absolute atomic E-state index is 12.4. The van der Waals surface area contributed by atoms with E-state index in [-0.39, 0.29) is 3.57 Å². The standard InChI is InChI=1S/C8H6F5IN2/c9-7(10)4-2-16-6(8(11,12)13)3(1-15)5(4)14/h2,7H,1,15H2. The van der Waals surface area contributed by atoms with Gasteiger partial charge in [-0.3, -0.25) is 4.98 Å². The van der Waals surface area contributed by atoms with E-state index in [2.05, 4.69) is 4.98 Å². The molecule has 0 aromatic carbocycles. The van der Waals surface area contributed by atoms with Crippen molar-refractivity contribution in [3.8, 4) is 0 Å². The molecule has 1 aromatic rings. The highest BCUT2D eigenvalue weighted by molar-refractivity contribution is 14.1. The smallest absolute Gasteiger partial charge is 0.326 e. The fourth-order valence-corrected chi connectivity index (χ4v) is 1.98. The Labute approximate surface area is 101 Å². The number of hydrogen-bond donors (Lipinski definition) is 1. The van der Waals surface area contributed by atoms with Gasteiger partial charge in [0.1, 0.15) is 5.69 Å². The van der Waals surface area contributed by atoms with E-state index in [1.54, 1.807) is 0 Å². The molecule has 0 radical (unpaired) electrons. The van der Waals surface area contributed by atoms with Crippen molar-refractivity contribution in [2.75, 3.05) is 0 Å². The first-order valence-electron chi connectivity index (χ1n) is 4.01. The lowest BCUT2D eigenvalue weighted by atomic mass is 10.1. The molecular formula is C8H6F5IN2. The first-order chi connectivity index (χ1) is 7.29. The molecule has 0 saturated heterocycles. The van der Waals surface area contributed by atoms with E-state index in [9.17, 15) is 22.0 Å². The lowest BCUT2D eigenvalue weighted by Gasteiger charge is -2.14. The molecule has 16 heavy (non-hydrogen) atoms. The van der Waals surface area contributed by atoms with Gasteiger partial charge >= 0.3 is 6.18 Å². The van der Waals surface area contributed by atoms with Crippen molar-refractivity contribution in [1.82, 2.24) is 4.98 Å².